The molecule has 0 N–H and O–H groups in total. The number of aromatic nitrogens is 2. The summed E-state index contributed by atoms with van der Waals surface area (Å²) in [5.74, 6) is 0.776. The second kappa shape index (κ2) is 4.58. The van der Waals surface area contributed by atoms with E-state index in [0.29, 0.717) is 0 Å². The maximum Gasteiger partial charge on any atom is 0.159 e. The fourth-order valence-electron chi connectivity index (χ4n) is 1.04. The van der Waals surface area contributed by atoms with Crippen molar-refractivity contribution in [1.82, 2.24) is 9.97 Å². The van der Waals surface area contributed by atoms with Crippen LogP contribution < -0.4 is 0 Å². The standard InChI is InChI=1S/C10H8N2.ClH/c1-2-5-9(6-3-1)10-11-7-4-8-12-10;/h1-8H;1H. The molecule has 0 radical (unpaired) electrons. The first kappa shape index (κ1) is 9.68. The van der Waals surface area contributed by atoms with E-state index in [0.717, 1.165) is 11.4 Å². The van der Waals surface area contributed by atoms with Crippen molar-refractivity contribution in [3.63, 3.8) is 0 Å². The molecule has 0 amide bonds. The Morgan fingerprint density at radius 3 is 2.00 bits per heavy atom. The Bertz CT molecular complexity index is 310. The molecule has 0 aliphatic rings. The minimum atomic E-state index is 0. The lowest BCUT2D eigenvalue weighted by Crippen LogP contribution is -1.84. The van der Waals surface area contributed by atoms with Gasteiger partial charge in [-0.1, -0.05) is 30.3 Å². The third kappa shape index (κ3) is 2.26. The molecule has 2 rings (SSSR count). The van der Waals surface area contributed by atoms with Crippen molar-refractivity contribution < 1.29 is 0 Å². The lowest BCUT2D eigenvalue weighted by molar-refractivity contribution is 1.18. The van der Waals surface area contributed by atoms with Gasteiger partial charge in [0.2, 0.25) is 0 Å². The number of benzene rings is 1. The maximum atomic E-state index is 4.14. The van der Waals surface area contributed by atoms with Crippen LogP contribution in [-0.4, -0.2) is 9.97 Å². The van der Waals surface area contributed by atoms with Crippen LogP contribution in [0, 0.1) is 0 Å². The molecule has 3 heteroatoms. The Kier molecular flexibility index (Phi) is 3.41. The molecular formula is C10H9ClN2. The van der Waals surface area contributed by atoms with Crippen LogP contribution in [0.3, 0.4) is 0 Å². The van der Waals surface area contributed by atoms with Crippen molar-refractivity contribution in [2.24, 2.45) is 0 Å². The van der Waals surface area contributed by atoms with Crippen LogP contribution in [0.15, 0.2) is 48.8 Å². The molecule has 2 nitrogen and oxygen atoms in total. The van der Waals surface area contributed by atoms with Gasteiger partial charge in [-0.25, -0.2) is 9.97 Å². The third-order valence-electron chi connectivity index (χ3n) is 1.60. The van der Waals surface area contributed by atoms with Gasteiger partial charge in [-0.3, -0.25) is 0 Å². The van der Waals surface area contributed by atoms with Crippen LogP contribution in [0.25, 0.3) is 11.4 Å². The zero-order valence-electron chi connectivity index (χ0n) is 6.92. The van der Waals surface area contributed by atoms with E-state index >= 15 is 0 Å². The highest BCUT2D eigenvalue weighted by molar-refractivity contribution is 5.85. The molecule has 0 atom stereocenters. The monoisotopic (exact) mass is 192 g/mol. The lowest BCUT2D eigenvalue weighted by Gasteiger charge is -1.96. The maximum absolute atomic E-state index is 4.14. The van der Waals surface area contributed by atoms with E-state index in [1.807, 2.05) is 36.4 Å². The zero-order valence-corrected chi connectivity index (χ0v) is 7.74. The van der Waals surface area contributed by atoms with Crippen LogP contribution in [0.5, 0.6) is 0 Å². The highest BCUT2D eigenvalue weighted by Crippen LogP contribution is 2.11. The van der Waals surface area contributed by atoms with Crippen molar-refractivity contribution >= 4 is 12.4 Å². The average Bonchev–Trinajstić information content (AvgIpc) is 2.21. The van der Waals surface area contributed by atoms with Gasteiger partial charge in [0.1, 0.15) is 0 Å². The molecule has 0 unspecified atom stereocenters. The molecule has 0 aliphatic carbocycles. The van der Waals surface area contributed by atoms with Gasteiger partial charge in [0, 0.05) is 18.0 Å². The van der Waals surface area contributed by atoms with E-state index in [9.17, 15) is 0 Å². The topological polar surface area (TPSA) is 25.8 Å². The molecule has 1 heterocycles. The Morgan fingerprint density at radius 2 is 1.38 bits per heavy atom. The second-order valence-electron chi connectivity index (χ2n) is 2.44. The minimum absolute atomic E-state index is 0. The Morgan fingerprint density at radius 1 is 0.769 bits per heavy atom. The van der Waals surface area contributed by atoms with Crippen LogP contribution in [-0.2, 0) is 0 Å². The predicted octanol–water partition coefficient (Wildman–Crippen LogP) is 2.57. The molecule has 0 aliphatic heterocycles. The molecule has 1 aromatic carbocycles. The van der Waals surface area contributed by atoms with E-state index in [4.69, 9.17) is 0 Å². The number of halogens is 1. The molecule has 1 aromatic heterocycles. The molecule has 66 valence electrons. The van der Waals surface area contributed by atoms with Gasteiger partial charge in [0.25, 0.3) is 0 Å². The van der Waals surface area contributed by atoms with Gasteiger partial charge in [0.15, 0.2) is 5.82 Å². The molecule has 0 saturated heterocycles. The summed E-state index contributed by atoms with van der Waals surface area (Å²) < 4.78 is 0. The van der Waals surface area contributed by atoms with Crippen molar-refractivity contribution in [3.05, 3.63) is 48.8 Å². The number of hydrogen-bond acceptors (Lipinski definition) is 2. The zero-order chi connectivity index (χ0) is 8.23. The van der Waals surface area contributed by atoms with E-state index in [1.54, 1.807) is 12.4 Å². The molecule has 13 heavy (non-hydrogen) atoms. The van der Waals surface area contributed by atoms with E-state index in [1.165, 1.54) is 0 Å². The molecule has 0 saturated carbocycles. The van der Waals surface area contributed by atoms with Gasteiger partial charge in [-0.05, 0) is 6.07 Å². The van der Waals surface area contributed by atoms with Crippen LogP contribution in [0.1, 0.15) is 0 Å². The summed E-state index contributed by atoms with van der Waals surface area (Å²) in [6.07, 6.45) is 3.49. The Balaban J connectivity index is 0.000000845. The molecule has 0 spiro atoms. The summed E-state index contributed by atoms with van der Waals surface area (Å²) in [5, 5.41) is 0. The SMILES string of the molecule is Cl.c1ccc(-c2ncccn2)cc1. The van der Waals surface area contributed by atoms with Gasteiger partial charge in [0.05, 0.1) is 0 Å². The highest BCUT2D eigenvalue weighted by atomic mass is 35.5. The molecule has 0 fully saturated rings. The fraction of sp³-hybridized carbons (Fsp3) is 0. The summed E-state index contributed by atoms with van der Waals surface area (Å²) in [7, 11) is 0. The largest absolute Gasteiger partial charge is 0.237 e. The van der Waals surface area contributed by atoms with Gasteiger partial charge in [-0.15, -0.1) is 12.4 Å². The van der Waals surface area contributed by atoms with Crippen LogP contribution in [0.4, 0.5) is 0 Å². The Hall–Kier alpha value is -1.41. The second-order valence-corrected chi connectivity index (χ2v) is 2.44. The smallest absolute Gasteiger partial charge is 0.159 e. The first-order valence-electron chi connectivity index (χ1n) is 3.79. The van der Waals surface area contributed by atoms with Crippen molar-refractivity contribution in [2.75, 3.05) is 0 Å². The van der Waals surface area contributed by atoms with E-state index < -0.39 is 0 Å². The molecule has 2 aromatic rings. The normalized spacial score (nSPS) is 8.92. The van der Waals surface area contributed by atoms with Gasteiger partial charge < -0.3 is 0 Å². The summed E-state index contributed by atoms with van der Waals surface area (Å²) in [6, 6.07) is 11.7. The quantitative estimate of drug-likeness (QED) is 0.694. The third-order valence-corrected chi connectivity index (χ3v) is 1.60. The number of hydrogen-bond donors (Lipinski definition) is 0. The summed E-state index contributed by atoms with van der Waals surface area (Å²) in [4.78, 5) is 8.28. The van der Waals surface area contributed by atoms with E-state index in [-0.39, 0.29) is 12.4 Å². The number of nitrogens with zero attached hydrogens (tertiary/aromatic N) is 2. The predicted molar refractivity (Wildman–Crippen MR) is 54.7 cm³/mol. The first-order chi connectivity index (χ1) is 5.97. The van der Waals surface area contributed by atoms with E-state index in [2.05, 4.69) is 9.97 Å². The van der Waals surface area contributed by atoms with Crippen molar-refractivity contribution in [1.29, 1.82) is 0 Å². The summed E-state index contributed by atoms with van der Waals surface area (Å²) in [5.41, 5.74) is 1.05. The number of rotatable bonds is 1. The summed E-state index contributed by atoms with van der Waals surface area (Å²) >= 11 is 0. The minimum Gasteiger partial charge on any atom is -0.237 e. The van der Waals surface area contributed by atoms with Gasteiger partial charge >= 0.3 is 0 Å². The molecular weight excluding hydrogens is 184 g/mol. The van der Waals surface area contributed by atoms with Crippen LogP contribution >= 0.6 is 12.4 Å². The molecule has 0 bridgehead atoms. The average molecular weight is 193 g/mol. The Labute approximate surface area is 83.1 Å². The van der Waals surface area contributed by atoms with Crippen LogP contribution in [0.2, 0.25) is 0 Å². The summed E-state index contributed by atoms with van der Waals surface area (Å²) in [6.45, 7) is 0. The van der Waals surface area contributed by atoms with Crippen molar-refractivity contribution in [3.8, 4) is 11.4 Å². The highest BCUT2D eigenvalue weighted by Gasteiger charge is 1.95. The fourth-order valence-corrected chi connectivity index (χ4v) is 1.04. The van der Waals surface area contributed by atoms with Gasteiger partial charge in [-0.2, -0.15) is 0 Å². The first-order valence-corrected chi connectivity index (χ1v) is 3.79. The van der Waals surface area contributed by atoms with Crippen molar-refractivity contribution in [2.45, 2.75) is 0 Å². The lowest BCUT2D eigenvalue weighted by atomic mass is 10.2.